The molecule has 6 heteroatoms. The van der Waals surface area contributed by atoms with Crippen LogP contribution in [0.3, 0.4) is 0 Å². The van der Waals surface area contributed by atoms with E-state index in [1.54, 1.807) is 19.1 Å². The van der Waals surface area contributed by atoms with E-state index in [0.29, 0.717) is 27.4 Å². The first-order valence-electron chi connectivity index (χ1n) is 6.53. The van der Waals surface area contributed by atoms with Gasteiger partial charge in [0.05, 0.1) is 17.3 Å². The van der Waals surface area contributed by atoms with Crippen molar-refractivity contribution in [2.24, 2.45) is 0 Å². The van der Waals surface area contributed by atoms with E-state index in [0.717, 1.165) is 5.56 Å². The summed E-state index contributed by atoms with van der Waals surface area (Å²) in [7, 11) is 0. The van der Waals surface area contributed by atoms with Crippen LogP contribution in [0.2, 0.25) is 5.02 Å². The minimum absolute atomic E-state index is 0.0314. The number of hydrogen-bond donors (Lipinski definition) is 1. The van der Waals surface area contributed by atoms with Gasteiger partial charge in [-0.3, -0.25) is 0 Å². The Morgan fingerprint density at radius 1 is 1.43 bits per heavy atom. The predicted octanol–water partition coefficient (Wildman–Crippen LogP) is 4.53. The van der Waals surface area contributed by atoms with Crippen molar-refractivity contribution in [3.05, 3.63) is 39.5 Å². The average molecular weight is 328 g/mol. The fourth-order valence-corrected chi connectivity index (χ4v) is 3.59. The number of nitrogen functional groups attached to an aromatic ring is 1. The number of anilines is 1. The van der Waals surface area contributed by atoms with E-state index >= 15 is 0 Å². The summed E-state index contributed by atoms with van der Waals surface area (Å²) in [6, 6.07) is 4.58. The van der Waals surface area contributed by atoms with Crippen LogP contribution in [0.5, 0.6) is 0 Å². The second-order valence-electron chi connectivity index (χ2n) is 4.33. The number of esters is 1. The van der Waals surface area contributed by atoms with E-state index in [1.165, 1.54) is 17.4 Å². The molecule has 0 saturated carbocycles. The molecule has 2 aromatic rings. The van der Waals surface area contributed by atoms with Crippen LogP contribution in [0.4, 0.5) is 10.1 Å². The van der Waals surface area contributed by atoms with E-state index in [4.69, 9.17) is 22.1 Å². The molecule has 0 bridgehead atoms. The third kappa shape index (κ3) is 2.89. The Kier molecular flexibility index (Phi) is 4.85. The molecule has 1 aromatic carbocycles. The zero-order chi connectivity index (χ0) is 15.6. The third-order valence-electron chi connectivity index (χ3n) is 3.06. The summed E-state index contributed by atoms with van der Waals surface area (Å²) in [5.74, 6) is -0.964. The summed E-state index contributed by atoms with van der Waals surface area (Å²) >= 11 is 7.22. The molecule has 2 N–H and O–H groups in total. The molecule has 0 unspecified atom stereocenters. The number of carbonyl (C=O) groups is 1. The molecule has 0 aliphatic rings. The summed E-state index contributed by atoms with van der Waals surface area (Å²) in [5, 5.41) is 0.0314. The van der Waals surface area contributed by atoms with Crippen LogP contribution in [0.25, 0.3) is 10.4 Å². The van der Waals surface area contributed by atoms with Crippen LogP contribution in [0.15, 0.2) is 18.2 Å². The van der Waals surface area contributed by atoms with Crippen molar-refractivity contribution in [1.29, 1.82) is 0 Å². The molecule has 0 aliphatic carbocycles. The highest BCUT2D eigenvalue weighted by Crippen LogP contribution is 2.42. The zero-order valence-corrected chi connectivity index (χ0v) is 13.3. The number of halogens is 2. The quantitative estimate of drug-likeness (QED) is 0.839. The van der Waals surface area contributed by atoms with Crippen LogP contribution in [-0.2, 0) is 11.2 Å². The van der Waals surface area contributed by atoms with Gasteiger partial charge in [0.25, 0.3) is 0 Å². The van der Waals surface area contributed by atoms with Crippen molar-refractivity contribution in [3.8, 4) is 10.4 Å². The second-order valence-corrected chi connectivity index (χ2v) is 5.73. The van der Waals surface area contributed by atoms with Gasteiger partial charge in [0.2, 0.25) is 0 Å². The number of thiophene rings is 1. The van der Waals surface area contributed by atoms with Gasteiger partial charge in [-0.05, 0) is 25.0 Å². The maximum absolute atomic E-state index is 13.6. The molecular formula is C15H15ClFNO2S. The molecule has 0 saturated heterocycles. The normalized spacial score (nSPS) is 10.7. The van der Waals surface area contributed by atoms with Crippen LogP contribution in [0, 0.1) is 5.82 Å². The van der Waals surface area contributed by atoms with Crippen LogP contribution in [0.1, 0.15) is 29.1 Å². The largest absolute Gasteiger partial charge is 0.462 e. The van der Waals surface area contributed by atoms with Crippen molar-refractivity contribution in [2.75, 3.05) is 12.3 Å². The van der Waals surface area contributed by atoms with Gasteiger partial charge < -0.3 is 10.5 Å². The first kappa shape index (κ1) is 15.8. The van der Waals surface area contributed by atoms with Crippen molar-refractivity contribution in [1.82, 2.24) is 0 Å². The Morgan fingerprint density at radius 3 is 2.76 bits per heavy atom. The minimum Gasteiger partial charge on any atom is -0.462 e. The Bertz CT molecular complexity index is 685. The average Bonchev–Trinajstić information content (AvgIpc) is 2.79. The lowest BCUT2D eigenvalue weighted by molar-refractivity contribution is 0.0533. The van der Waals surface area contributed by atoms with Gasteiger partial charge in [-0.15, -0.1) is 11.3 Å². The van der Waals surface area contributed by atoms with Gasteiger partial charge in [-0.1, -0.05) is 30.7 Å². The van der Waals surface area contributed by atoms with Gasteiger partial charge in [-0.2, -0.15) is 0 Å². The fraction of sp³-hybridized carbons (Fsp3) is 0.267. The summed E-state index contributed by atoms with van der Waals surface area (Å²) in [6.45, 7) is 3.92. The van der Waals surface area contributed by atoms with E-state index in [2.05, 4.69) is 0 Å². The first-order valence-corrected chi connectivity index (χ1v) is 7.73. The SMILES string of the molecule is CCOC(=O)c1sc(-c2cccc(F)c2Cl)c(CC)c1N. The molecule has 0 aliphatic heterocycles. The molecule has 112 valence electrons. The molecule has 1 aromatic heterocycles. The maximum Gasteiger partial charge on any atom is 0.350 e. The van der Waals surface area contributed by atoms with Gasteiger partial charge in [0.1, 0.15) is 10.7 Å². The van der Waals surface area contributed by atoms with Crippen LogP contribution < -0.4 is 5.73 Å². The molecule has 3 nitrogen and oxygen atoms in total. The van der Waals surface area contributed by atoms with Crippen molar-refractivity contribution < 1.29 is 13.9 Å². The Morgan fingerprint density at radius 2 is 2.14 bits per heavy atom. The highest BCUT2D eigenvalue weighted by Gasteiger charge is 2.23. The molecule has 0 amide bonds. The van der Waals surface area contributed by atoms with E-state index < -0.39 is 11.8 Å². The zero-order valence-electron chi connectivity index (χ0n) is 11.7. The number of benzene rings is 1. The van der Waals surface area contributed by atoms with E-state index in [1.807, 2.05) is 6.92 Å². The molecule has 0 fully saturated rings. The second kappa shape index (κ2) is 6.45. The lowest BCUT2D eigenvalue weighted by atomic mass is 10.1. The molecule has 1 heterocycles. The summed E-state index contributed by atoms with van der Waals surface area (Å²) in [6.07, 6.45) is 0.615. The predicted molar refractivity (Wildman–Crippen MR) is 84.5 cm³/mol. The number of rotatable bonds is 4. The van der Waals surface area contributed by atoms with Gasteiger partial charge in [-0.25, -0.2) is 9.18 Å². The lowest BCUT2D eigenvalue weighted by Gasteiger charge is -2.05. The molecule has 0 atom stereocenters. The Labute approximate surface area is 131 Å². The van der Waals surface area contributed by atoms with Crippen molar-refractivity contribution >= 4 is 34.6 Å². The monoisotopic (exact) mass is 327 g/mol. The van der Waals surface area contributed by atoms with Crippen LogP contribution >= 0.6 is 22.9 Å². The number of carbonyl (C=O) groups excluding carboxylic acids is 1. The molecule has 0 spiro atoms. The molecule has 2 rings (SSSR count). The molecular weight excluding hydrogens is 313 g/mol. The van der Waals surface area contributed by atoms with Crippen molar-refractivity contribution in [3.63, 3.8) is 0 Å². The summed E-state index contributed by atoms with van der Waals surface area (Å²) < 4.78 is 18.6. The van der Waals surface area contributed by atoms with Gasteiger partial charge >= 0.3 is 5.97 Å². The number of nitrogens with two attached hydrogens (primary N) is 1. The molecule has 0 radical (unpaired) electrons. The lowest BCUT2D eigenvalue weighted by Crippen LogP contribution is -2.05. The highest BCUT2D eigenvalue weighted by atomic mass is 35.5. The third-order valence-corrected chi connectivity index (χ3v) is 4.70. The standard InChI is InChI=1S/C15H15ClFNO2S/c1-3-8-12(18)14(15(19)20-4-2)21-13(8)9-6-5-7-10(17)11(9)16/h5-7H,3-4,18H2,1-2H3. The number of hydrogen-bond acceptors (Lipinski definition) is 4. The molecule has 21 heavy (non-hydrogen) atoms. The van der Waals surface area contributed by atoms with E-state index in [9.17, 15) is 9.18 Å². The topological polar surface area (TPSA) is 52.3 Å². The van der Waals surface area contributed by atoms with Gasteiger partial charge in [0, 0.05) is 10.4 Å². The summed E-state index contributed by atoms with van der Waals surface area (Å²) in [4.78, 5) is 13.0. The van der Waals surface area contributed by atoms with Gasteiger partial charge in [0.15, 0.2) is 0 Å². The van der Waals surface area contributed by atoms with Crippen molar-refractivity contribution in [2.45, 2.75) is 20.3 Å². The smallest absolute Gasteiger partial charge is 0.350 e. The fourth-order valence-electron chi connectivity index (χ4n) is 2.07. The summed E-state index contributed by atoms with van der Waals surface area (Å²) in [5.41, 5.74) is 7.76. The Hall–Kier alpha value is -1.59. The van der Waals surface area contributed by atoms with E-state index in [-0.39, 0.29) is 11.6 Å². The highest BCUT2D eigenvalue weighted by molar-refractivity contribution is 7.18. The van der Waals surface area contributed by atoms with Crippen LogP contribution in [-0.4, -0.2) is 12.6 Å². The minimum atomic E-state index is -0.499. The number of ether oxygens (including phenoxy) is 1. The first-order chi connectivity index (χ1) is 10.0. The Balaban J connectivity index is 2.61. The maximum atomic E-state index is 13.6.